The van der Waals surface area contributed by atoms with Gasteiger partial charge < -0.3 is 10.1 Å². The molecule has 1 amide bonds. The number of carbonyl (C=O) groups is 1. The van der Waals surface area contributed by atoms with Gasteiger partial charge in [-0.1, -0.05) is 0 Å². The van der Waals surface area contributed by atoms with E-state index >= 15 is 0 Å². The number of amides is 1. The number of carbonyl (C=O) groups excluding carboxylic acids is 1. The van der Waals surface area contributed by atoms with E-state index < -0.39 is 11.7 Å². The second kappa shape index (κ2) is 4.61. The van der Waals surface area contributed by atoms with E-state index in [9.17, 15) is 4.79 Å². The van der Waals surface area contributed by atoms with Crippen LogP contribution in [0.4, 0.5) is 4.79 Å². The van der Waals surface area contributed by atoms with Gasteiger partial charge >= 0.3 is 6.09 Å². The molecule has 0 aliphatic carbocycles. The maximum Gasteiger partial charge on any atom is 0.407 e. The number of hydrogen-bond donors (Lipinski definition) is 2. The molecule has 14 heavy (non-hydrogen) atoms. The van der Waals surface area contributed by atoms with Crippen molar-refractivity contribution < 1.29 is 14.4 Å². The van der Waals surface area contributed by atoms with Crippen LogP contribution < -0.4 is 10.8 Å². The van der Waals surface area contributed by atoms with Crippen LogP contribution in [0, 0.1) is 0 Å². The van der Waals surface area contributed by atoms with Crippen molar-refractivity contribution in [3.63, 3.8) is 0 Å². The maximum absolute atomic E-state index is 11.2. The standard InChI is InChI=1S/C9H18N2O3/c1-9(2,3)13-8(12)10-6-7-4-5-11-14-7/h7,11H,4-6H2,1-3H3,(H,10,12)/t7-/m0/s1. The highest BCUT2D eigenvalue weighted by Gasteiger charge is 2.19. The van der Waals surface area contributed by atoms with E-state index in [0.717, 1.165) is 13.0 Å². The molecule has 0 aromatic carbocycles. The Morgan fingerprint density at radius 1 is 1.64 bits per heavy atom. The predicted molar refractivity (Wildman–Crippen MR) is 51.7 cm³/mol. The molecule has 1 aliphatic rings. The molecular formula is C9H18N2O3. The molecule has 5 nitrogen and oxygen atoms in total. The van der Waals surface area contributed by atoms with Crippen LogP contribution >= 0.6 is 0 Å². The van der Waals surface area contributed by atoms with Crippen LogP contribution in [0.25, 0.3) is 0 Å². The third-order valence-electron chi connectivity index (χ3n) is 1.69. The Morgan fingerprint density at radius 2 is 2.36 bits per heavy atom. The van der Waals surface area contributed by atoms with E-state index in [2.05, 4.69) is 10.8 Å². The van der Waals surface area contributed by atoms with Crippen LogP contribution in [0.5, 0.6) is 0 Å². The van der Waals surface area contributed by atoms with Crippen LogP contribution in [0.1, 0.15) is 27.2 Å². The first kappa shape index (κ1) is 11.3. The molecule has 82 valence electrons. The quantitative estimate of drug-likeness (QED) is 0.695. The average molecular weight is 202 g/mol. The van der Waals surface area contributed by atoms with E-state index in [1.165, 1.54) is 0 Å². The van der Waals surface area contributed by atoms with Gasteiger partial charge in [-0.2, -0.15) is 0 Å². The van der Waals surface area contributed by atoms with Crippen LogP contribution in [-0.4, -0.2) is 30.9 Å². The van der Waals surface area contributed by atoms with Gasteiger partial charge in [0.05, 0.1) is 6.10 Å². The minimum atomic E-state index is -0.446. The number of ether oxygens (including phenoxy) is 1. The minimum Gasteiger partial charge on any atom is -0.444 e. The van der Waals surface area contributed by atoms with Gasteiger partial charge in [-0.05, 0) is 27.2 Å². The molecule has 0 aromatic rings. The van der Waals surface area contributed by atoms with Gasteiger partial charge in [-0.25, -0.2) is 10.3 Å². The lowest BCUT2D eigenvalue weighted by Gasteiger charge is -2.20. The Morgan fingerprint density at radius 3 is 2.86 bits per heavy atom. The summed E-state index contributed by atoms with van der Waals surface area (Å²) in [4.78, 5) is 16.3. The Balaban J connectivity index is 2.14. The normalized spacial score (nSPS) is 22.1. The molecule has 1 fully saturated rings. The lowest BCUT2D eigenvalue weighted by Crippen LogP contribution is -2.37. The zero-order valence-corrected chi connectivity index (χ0v) is 8.92. The molecule has 0 unspecified atom stereocenters. The largest absolute Gasteiger partial charge is 0.444 e. The molecule has 0 saturated carbocycles. The smallest absolute Gasteiger partial charge is 0.407 e. The van der Waals surface area contributed by atoms with Crippen molar-refractivity contribution in [3.05, 3.63) is 0 Å². The molecule has 1 rings (SSSR count). The van der Waals surface area contributed by atoms with Gasteiger partial charge in [0.2, 0.25) is 0 Å². The van der Waals surface area contributed by atoms with Gasteiger partial charge in [0.15, 0.2) is 0 Å². The molecular weight excluding hydrogens is 184 g/mol. The molecule has 2 N–H and O–H groups in total. The summed E-state index contributed by atoms with van der Waals surface area (Å²) in [6, 6.07) is 0. The zero-order valence-electron chi connectivity index (χ0n) is 8.92. The molecule has 1 atom stereocenters. The van der Waals surface area contributed by atoms with Gasteiger partial charge in [-0.3, -0.25) is 4.84 Å². The molecule has 1 aliphatic heterocycles. The lowest BCUT2D eigenvalue weighted by molar-refractivity contribution is 0.0253. The highest BCUT2D eigenvalue weighted by atomic mass is 16.7. The first-order chi connectivity index (χ1) is 6.47. The Labute approximate surface area is 84.1 Å². The van der Waals surface area contributed by atoms with E-state index in [-0.39, 0.29) is 6.10 Å². The summed E-state index contributed by atoms with van der Waals surface area (Å²) in [5.41, 5.74) is 2.31. The minimum absolute atomic E-state index is 0.0579. The SMILES string of the molecule is CC(C)(C)OC(=O)NC[C@@H]1CCNO1. The van der Waals surface area contributed by atoms with Crippen molar-refractivity contribution >= 4 is 6.09 Å². The van der Waals surface area contributed by atoms with Crippen LogP contribution in [0.15, 0.2) is 0 Å². The van der Waals surface area contributed by atoms with Gasteiger partial charge in [0.25, 0.3) is 0 Å². The fourth-order valence-electron chi connectivity index (χ4n) is 1.11. The summed E-state index contributed by atoms with van der Waals surface area (Å²) in [5.74, 6) is 0. The first-order valence-electron chi connectivity index (χ1n) is 4.83. The van der Waals surface area contributed by atoms with Gasteiger partial charge in [0, 0.05) is 13.1 Å². The monoisotopic (exact) mass is 202 g/mol. The lowest BCUT2D eigenvalue weighted by atomic mass is 10.2. The van der Waals surface area contributed by atoms with Crippen molar-refractivity contribution in [3.8, 4) is 0 Å². The van der Waals surface area contributed by atoms with Crippen molar-refractivity contribution in [1.29, 1.82) is 0 Å². The summed E-state index contributed by atoms with van der Waals surface area (Å²) < 4.78 is 5.07. The Kier molecular flexibility index (Phi) is 3.71. The summed E-state index contributed by atoms with van der Waals surface area (Å²) in [6.45, 7) is 6.82. The van der Waals surface area contributed by atoms with Crippen molar-refractivity contribution in [2.24, 2.45) is 0 Å². The summed E-state index contributed by atoms with van der Waals surface area (Å²) in [6.07, 6.45) is 0.575. The molecule has 0 radical (unpaired) electrons. The van der Waals surface area contributed by atoms with E-state index in [1.807, 2.05) is 20.8 Å². The number of nitrogens with one attached hydrogen (secondary N) is 2. The topological polar surface area (TPSA) is 59.6 Å². The molecule has 0 spiro atoms. The Bertz CT molecular complexity index is 195. The average Bonchev–Trinajstić information content (AvgIpc) is 2.49. The molecule has 1 saturated heterocycles. The van der Waals surface area contributed by atoms with E-state index in [0.29, 0.717) is 6.54 Å². The zero-order chi connectivity index (χ0) is 10.6. The molecule has 1 heterocycles. The highest BCUT2D eigenvalue weighted by Crippen LogP contribution is 2.07. The summed E-state index contributed by atoms with van der Waals surface area (Å²) in [5, 5.41) is 2.65. The second-order valence-electron chi connectivity index (χ2n) is 4.31. The van der Waals surface area contributed by atoms with Crippen molar-refractivity contribution in [1.82, 2.24) is 10.8 Å². The number of alkyl carbamates (subject to hydrolysis) is 1. The van der Waals surface area contributed by atoms with Crippen LogP contribution in [-0.2, 0) is 9.57 Å². The van der Waals surface area contributed by atoms with Crippen LogP contribution in [0.2, 0.25) is 0 Å². The third-order valence-corrected chi connectivity index (χ3v) is 1.69. The Hall–Kier alpha value is -0.810. The van der Waals surface area contributed by atoms with Crippen molar-refractivity contribution in [2.75, 3.05) is 13.1 Å². The van der Waals surface area contributed by atoms with Crippen LogP contribution in [0.3, 0.4) is 0 Å². The number of hydrogen-bond acceptors (Lipinski definition) is 4. The van der Waals surface area contributed by atoms with Gasteiger partial charge in [-0.15, -0.1) is 0 Å². The number of rotatable bonds is 2. The second-order valence-corrected chi connectivity index (χ2v) is 4.31. The first-order valence-corrected chi connectivity index (χ1v) is 4.83. The summed E-state index contributed by atoms with van der Waals surface area (Å²) >= 11 is 0. The highest BCUT2D eigenvalue weighted by molar-refractivity contribution is 5.67. The van der Waals surface area contributed by atoms with Gasteiger partial charge in [0.1, 0.15) is 5.60 Å². The third kappa shape index (κ3) is 4.43. The fourth-order valence-corrected chi connectivity index (χ4v) is 1.11. The predicted octanol–water partition coefficient (Wildman–Crippen LogP) is 0.805. The van der Waals surface area contributed by atoms with E-state index in [1.54, 1.807) is 0 Å². The molecule has 0 aromatic heterocycles. The summed E-state index contributed by atoms with van der Waals surface area (Å²) in [7, 11) is 0. The number of hydroxylamine groups is 1. The molecule has 5 heteroatoms. The molecule has 0 bridgehead atoms. The maximum atomic E-state index is 11.2. The fraction of sp³-hybridized carbons (Fsp3) is 0.889. The van der Waals surface area contributed by atoms with Crippen molar-refractivity contribution in [2.45, 2.75) is 38.9 Å². The van der Waals surface area contributed by atoms with E-state index in [4.69, 9.17) is 9.57 Å².